The monoisotopic (exact) mass is 391 g/mol. The Morgan fingerprint density at radius 2 is 2.08 bits per heavy atom. The minimum atomic E-state index is -0.152. The van der Waals surface area contributed by atoms with Crippen molar-refractivity contribution in [2.24, 2.45) is 0 Å². The predicted octanol–water partition coefficient (Wildman–Crippen LogP) is 4.34. The molecule has 0 aliphatic carbocycles. The van der Waals surface area contributed by atoms with E-state index in [1.54, 1.807) is 6.20 Å². The molecule has 26 heavy (non-hydrogen) atoms. The van der Waals surface area contributed by atoms with Gasteiger partial charge in [-0.15, -0.1) is 0 Å². The summed E-state index contributed by atoms with van der Waals surface area (Å²) < 4.78 is 5.18. The maximum absolute atomic E-state index is 11.2. The second-order valence-corrected chi connectivity index (χ2v) is 7.19. The number of pyridine rings is 1. The first kappa shape index (κ1) is 18.3. The summed E-state index contributed by atoms with van der Waals surface area (Å²) in [6.07, 6.45) is 1.70. The van der Waals surface area contributed by atoms with E-state index in [0.29, 0.717) is 22.5 Å². The fourth-order valence-corrected chi connectivity index (χ4v) is 3.67. The Bertz CT molecular complexity index is 947. The van der Waals surface area contributed by atoms with Gasteiger partial charge in [-0.05, 0) is 26.8 Å². The zero-order chi connectivity index (χ0) is 18.8. The maximum atomic E-state index is 11.2. The Morgan fingerprint density at radius 1 is 1.31 bits per heavy atom. The molecule has 3 heterocycles. The number of hydrogen-bond donors (Lipinski definition) is 2. The van der Waals surface area contributed by atoms with Gasteiger partial charge < -0.3 is 15.2 Å². The minimum absolute atomic E-state index is 0.152. The van der Waals surface area contributed by atoms with Gasteiger partial charge in [0.2, 0.25) is 5.91 Å². The fourth-order valence-electron chi connectivity index (χ4n) is 2.50. The number of thiazole rings is 1. The summed E-state index contributed by atoms with van der Waals surface area (Å²) in [5, 5.41) is 10.9. The van der Waals surface area contributed by atoms with E-state index in [2.05, 4.69) is 25.8 Å². The summed E-state index contributed by atoms with van der Waals surface area (Å²) in [6, 6.07) is 1.92. The SMILES string of the molecule is CC(=O)Nc1nc(C)c(-c2cnc(Cl)c(NCc3c(C)noc3C)c2)s1. The van der Waals surface area contributed by atoms with E-state index < -0.39 is 0 Å². The normalized spacial score (nSPS) is 10.8. The van der Waals surface area contributed by atoms with Crippen molar-refractivity contribution in [2.75, 3.05) is 10.6 Å². The zero-order valence-corrected chi connectivity index (χ0v) is 16.4. The van der Waals surface area contributed by atoms with Crippen molar-refractivity contribution in [1.29, 1.82) is 0 Å². The summed E-state index contributed by atoms with van der Waals surface area (Å²) in [7, 11) is 0. The molecular formula is C17H18ClN5O2S. The summed E-state index contributed by atoms with van der Waals surface area (Å²) in [5.41, 5.74) is 4.24. The third kappa shape index (κ3) is 3.86. The average molecular weight is 392 g/mol. The molecule has 0 aliphatic rings. The Hall–Kier alpha value is -2.45. The van der Waals surface area contributed by atoms with Crippen molar-refractivity contribution in [2.45, 2.75) is 34.2 Å². The second kappa shape index (κ2) is 7.43. The van der Waals surface area contributed by atoms with Gasteiger partial charge in [-0.2, -0.15) is 0 Å². The van der Waals surface area contributed by atoms with E-state index in [1.165, 1.54) is 18.3 Å². The van der Waals surface area contributed by atoms with Crippen molar-refractivity contribution >= 4 is 39.7 Å². The molecule has 0 bridgehead atoms. The number of rotatable bonds is 5. The highest BCUT2D eigenvalue weighted by atomic mass is 35.5. The third-order valence-electron chi connectivity index (χ3n) is 3.82. The van der Waals surface area contributed by atoms with Crippen LogP contribution < -0.4 is 10.6 Å². The third-order valence-corrected chi connectivity index (χ3v) is 5.24. The Labute approximate surface area is 159 Å². The average Bonchev–Trinajstić information content (AvgIpc) is 3.09. The molecule has 2 N–H and O–H groups in total. The van der Waals surface area contributed by atoms with E-state index in [0.717, 1.165) is 33.2 Å². The van der Waals surface area contributed by atoms with Gasteiger partial charge in [0.05, 0.1) is 22.0 Å². The van der Waals surface area contributed by atoms with Gasteiger partial charge >= 0.3 is 0 Å². The summed E-state index contributed by atoms with van der Waals surface area (Å²) in [5.74, 6) is 0.620. The van der Waals surface area contributed by atoms with Crippen LogP contribution in [-0.4, -0.2) is 21.0 Å². The predicted molar refractivity (Wildman–Crippen MR) is 103 cm³/mol. The van der Waals surface area contributed by atoms with Gasteiger partial charge in [0.15, 0.2) is 10.3 Å². The van der Waals surface area contributed by atoms with E-state index >= 15 is 0 Å². The lowest BCUT2D eigenvalue weighted by Crippen LogP contribution is -2.04. The van der Waals surface area contributed by atoms with Crippen LogP contribution in [0.15, 0.2) is 16.8 Å². The smallest absolute Gasteiger partial charge is 0.223 e. The lowest BCUT2D eigenvalue weighted by atomic mass is 10.2. The molecule has 1 amide bonds. The van der Waals surface area contributed by atoms with E-state index in [9.17, 15) is 4.79 Å². The lowest BCUT2D eigenvalue weighted by Gasteiger charge is -2.09. The highest BCUT2D eigenvalue weighted by Gasteiger charge is 2.14. The molecule has 0 fully saturated rings. The molecule has 7 nitrogen and oxygen atoms in total. The number of hydrogen-bond acceptors (Lipinski definition) is 7. The lowest BCUT2D eigenvalue weighted by molar-refractivity contribution is -0.114. The molecule has 0 spiro atoms. The van der Waals surface area contributed by atoms with Crippen LogP contribution in [0.4, 0.5) is 10.8 Å². The number of aryl methyl sites for hydroxylation is 3. The van der Waals surface area contributed by atoms with Crippen LogP contribution in [0, 0.1) is 20.8 Å². The number of halogens is 1. The summed E-state index contributed by atoms with van der Waals surface area (Å²) >= 11 is 7.63. The molecule has 0 saturated carbocycles. The van der Waals surface area contributed by atoms with Crippen molar-refractivity contribution in [3.8, 4) is 10.4 Å². The van der Waals surface area contributed by atoms with E-state index in [-0.39, 0.29) is 5.91 Å². The molecule has 9 heteroatoms. The Balaban J connectivity index is 1.86. The van der Waals surface area contributed by atoms with Crippen molar-refractivity contribution in [3.05, 3.63) is 40.1 Å². The van der Waals surface area contributed by atoms with Crippen molar-refractivity contribution in [1.82, 2.24) is 15.1 Å². The van der Waals surface area contributed by atoms with Gasteiger partial charge in [-0.25, -0.2) is 9.97 Å². The highest BCUT2D eigenvalue weighted by Crippen LogP contribution is 2.35. The minimum Gasteiger partial charge on any atom is -0.378 e. The van der Waals surface area contributed by atoms with Crippen molar-refractivity contribution in [3.63, 3.8) is 0 Å². The topological polar surface area (TPSA) is 92.9 Å². The van der Waals surface area contributed by atoms with Crippen LogP contribution in [-0.2, 0) is 11.3 Å². The van der Waals surface area contributed by atoms with Gasteiger partial charge in [0, 0.05) is 30.8 Å². The molecule has 3 rings (SSSR count). The Morgan fingerprint density at radius 3 is 2.73 bits per heavy atom. The number of anilines is 2. The largest absolute Gasteiger partial charge is 0.378 e. The maximum Gasteiger partial charge on any atom is 0.223 e. The zero-order valence-electron chi connectivity index (χ0n) is 14.8. The molecule has 136 valence electrons. The van der Waals surface area contributed by atoms with Crippen LogP contribution >= 0.6 is 22.9 Å². The number of carbonyl (C=O) groups excluding carboxylic acids is 1. The molecular weight excluding hydrogens is 374 g/mol. The van der Waals surface area contributed by atoms with Gasteiger partial charge in [-0.1, -0.05) is 28.1 Å². The second-order valence-electron chi connectivity index (χ2n) is 5.83. The van der Waals surface area contributed by atoms with E-state index in [4.69, 9.17) is 16.1 Å². The molecule has 0 unspecified atom stereocenters. The molecule has 0 atom stereocenters. The number of amides is 1. The molecule has 0 saturated heterocycles. The summed E-state index contributed by atoms with van der Waals surface area (Å²) in [6.45, 7) is 7.65. The number of aromatic nitrogens is 3. The van der Waals surface area contributed by atoms with E-state index in [1.807, 2.05) is 26.8 Å². The van der Waals surface area contributed by atoms with Gasteiger partial charge in [0.25, 0.3) is 0 Å². The van der Waals surface area contributed by atoms with Crippen LogP contribution in [0.2, 0.25) is 5.15 Å². The van der Waals surface area contributed by atoms with Gasteiger partial charge in [0.1, 0.15) is 5.76 Å². The number of nitrogens with zero attached hydrogens (tertiary/aromatic N) is 3. The van der Waals surface area contributed by atoms with Crippen LogP contribution in [0.5, 0.6) is 0 Å². The number of carbonyl (C=O) groups is 1. The quantitative estimate of drug-likeness (QED) is 0.628. The highest BCUT2D eigenvalue weighted by molar-refractivity contribution is 7.19. The number of nitrogens with one attached hydrogen (secondary N) is 2. The molecule has 0 aromatic carbocycles. The first-order valence-electron chi connectivity index (χ1n) is 7.91. The fraction of sp³-hybridized carbons (Fsp3) is 0.294. The first-order chi connectivity index (χ1) is 12.3. The Kier molecular flexibility index (Phi) is 5.24. The molecule has 0 aliphatic heterocycles. The summed E-state index contributed by atoms with van der Waals surface area (Å²) in [4.78, 5) is 20.8. The molecule has 3 aromatic rings. The first-order valence-corrected chi connectivity index (χ1v) is 9.11. The standard InChI is InChI=1S/C17H18ClN5O2S/c1-8-13(10(3)25-23-8)7-19-14-5-12(6-20-16(14)18)15-9(2)21-17(26-15)22-11(4)24/h5-6,19H,7H2,1-4H3,(H,21,22,24). The van der Waals surface area contributed by atoms with Crippen LogP contribution in [0.3, 0.4) is 0 Å². The van der Waals surface area contributed by atoms with Crippen molar-refractivity contribution < 1.29 is 9.32 Å². The van der Waals surface area contributed by atoms with Crippen LogP contribution in [0.1, 0.15) is 29.6 Å². The molecule has 3 aromatic heterocycles. The van der Waals surface area contributed by atoms with Gasteiger partial charge in [-0.3, -0.25) is 4.79 Å². The molecule has 0 radical (unpaired) electrons. The van der Waals surface area contributed by atoms with Crippen LogP contribution in [0.25, 0.3) is 10.4 Å².